The van der Waals surface area contributed by atoms with Crippen molar-refractivity contribution in [3.8, 4) is 0 Å². The molecular formula is C14H25N5O3S. The van der Waals surface area contributed by atoms with Crippen molar-refractivity contribution in [3.63, 3.8) is 0 Å². The predicted octanol–water partition coefficient (Wildman–Crippen LogP) is 1.42. The molecule has 0 atom stereocenters. The second-order valence-electron chi connectivity index (χ2n) is 5.43. The summed E-state index contributed by atoms with van der Waals surface area (Å²) in [6.07, 6.45) is 2.75. The molecule has 0 radical (unpaired) electrons. The summed E-state index contributed by atoms with van der Waals surface area (Å²) in [4.78, 5) is 17.8. The Morgan fingerprint density at radius 1 is 1.39 bits per heavy atom. The highest BCUT2D eigenvalue weighted by Crippen LogP contribution is 2.10. The number of rotatable bonds is 8. The number of carbonyl (C=O) groups excluding carboxylic acids is 1. The van der Waals surface area contributed by atoms with Gasteiger partial charge in [0.25, 0.3) is 15.2 Å². The molecule has 0 saturated carbocycles. The van der Waals surface area contributed by atoms with Gasteiger partial charge in [0.05, 0.1) is 0 Å². The summed E-state index contributed by atoms with van der Waals surface area (Å²) < 4.78 is 26.9. The van der Waals surface area contributed by atoms with Gasteiger partial charge >= 0.3 is 6.03 Å². The fourth-order valence-electron chi connectivity index (χ4n) is 2.11. The fraction of sp³-hybridized carbons (Fsp3) is 0.643. The second-order valence-corrected chi connectivity index (χ2v) is 7.26. The van der Waals surface area contributed by atoms with Gasteiger partial charge in [-0.05, 0) is 5.92 Å². The monoisotopic (exact) mass is 343 g/mol. The predicted molar refractivity (Wildman–Crippen MR) is 87.5 cm³/mol. The summed E-state index contributed by atoms with van der Waals surface area (Å²) in [6, 6.07) is -0.424. The molecule has 1 rings (SSSR count). The molecule has 0 aromatic carbocycles. The van der Waals surface area contributed by atoms with Gasteiger partial charge < -0.3 is 4.90 Å². The Hall–Kier alpha value is -1.74. The first kappa shape index (κ1) is 19.3. The number of aromatic nitrogens is 3. The van der Waals surface area contributed by atoms with Crippen molar-refractivity contribution in [3.05, 3.63) is 19.0 Å². The first-order valence-corrected chi connectivity index (χ1v) is 9.03. The fourth-order valence-corrected chi connectivity index (χ4v) is 3.39. The van der Waals surface area contributed by atoms with Crippen LogP contribution in [0, 0.1) is 5.92 Å². The molecule has 0 aliphatic rings. The zero-order valence-electron chi connectivity index (χ0n) is 14.1. The van der Waals surface area contributed by atoms with Gasteiger partial charge in [0, 0.05) is 26.2 Å². The van der Waals surface area contributed by atoms with E-state index < -0.39 is 16.1 Å². The zero-order chi connectivity index (χ0) is 17.6. The van der Waals surface area contributed by atoms with Crippen LogP contribution in [0.5, 0.6) is 0 Å². The Bertz CT molecular complexity index is 635. The smallest absolute Gasteiger partial charge is 0.319 e. The lowest BCUT2D eigenvalue weighted by Gasteiger charge is -2.22. The minimum absolute atomic E-state index is 0.265. The number of carbonyl (C=O) groups is 1. The van der Waals surface area contributed by atoms with Crippen LogP contribution in [0.1, 0.15) is 27.7 Å². The van der Waals surface area contributed by atoms with E-state index in [1.807, 2.05) is 13.8 Å². The SMILES string of the molecule is C=CCN(CC(C)C)C(=O)n1cnc(S(=O)(=O)N(CC)CC)n1. The summed E-state index contributed by atoms with van der Waals surface area (Å²) in [7, 11) is -3.78. The molecule has 8 nitrogen and oxygen atoms in total. The molecule has 0 saturated heterocycles. The van der Waals surface area contributed by atoms with Gasteiger partial charge in [0.1, 0.15) is 6.33 Å². The number of nitrogens with zero attached hydrogens (tertiary/aromatic N) is 5. The highest BCUT2D eigenvalue weighted by atomic mass is 32.2. The summed E-state index contributed by atoms with van der Waals surface area (Å²) in [6.45, 7) is 12.6. The Balaban J connectivity index is 3.06. The van der Waals surface area contributed by atoms with Crippen molar-refractivity contribution in [2.24, 2.45) is 5.92 Å². The van der Waals surface area contributed by atoms with Crippen molar-refractivity contribution in [2.45, 2.75) is 32.9 Å². The molecule has 23 heavy (non-hydrogen) atoms. The van der Waals surface area contributed by atoms with E-state index in [-0.39, 0.29) is 11.1 Å². The van der Waals surface area contributed by atoms with Gasteiger partial charge in [-0.3, -0.25) is 0 Å². The molecule has 0 bridgehead atoms. The van der Waals surface area contributed by atoms with E-state index in [1.165, 1.54) is 4.31 Å². The van der Waals surface area contributed by atoms with E-state index >= 15 is 0 Å². The molecule has 1 aromatic rings. The van der Waals surface area contributed by atoms with Crippen molar-refractivity contribution in [1.82, 2.24) is 24.0 Å². The van der Waals surface area contributed by atoms with Gasteiger partial charge in [-0.15, -0.1) is 11.7 Å². The van der Waals surface area contributed by atoms with E-state index in [0.717, 1.165) is 11.0 Å². The molecular weight excluding hydrogens is 318 g/mol. The molecule has 1 aromatic heterocycles. The third kappa shape index (κ3) is 4.61. The standard InChI is InChI=1S/C14H25N5O3S/c1-6-9-17(10-12(4)5)14(20)19-11-15-13(16-19)23(21,22)18(7-2)8-3/h6,11-12H,1,7-10H2,2-5H3. The molecule has 1 heterocycles. The Labute approximate surface area is 137 Å². The summed E-state index contributed by atoms with van der Waals surface area (Å²) in [5, 5.41) is 3.50. The first-order chi connectivity index (χ1) is 10.8. The van der Waals surface area contributed by atoms with E-state index in [0.29, 0.717) is 26.2 Å². The molecule has 9 heteroatoms. The molecule has 0 spiro atoms. The van der Waals surface area contributed by atoms with Crippen LogP contribution in [0.2, 0.25) is 0 Å². The minimum Gasteiger partial charge on any atom is -0.319 e. The lowest BCUT2D eigenvalue weighted by atomic mass is 10.2. The number of hydrogen-bond donors (Lipinski definition) is 0. The molecule has 0 fully saturated rings. The highest BCUT2D eigenvalue weighted by Gasteiger charge is 2.27. The maximum Gasteiger partial charge on any atom is 0.346 e. The second kappa shape index (κ2) is 8.21. The van der Waals surface area contributed by atoms with Crippen LogP contribution in [0.3, 0.4) is 0 Å². The number of sulfonamides is 1. The zero-order valence-corrected chi connectivity index (χ0v) is 15.0. The Kier molecular flexibility index (Phi) is 6.89. The van der Waals surface area contributed by atoms with Crippen molar-refractivity contribution in [2.75, 3.05) is 26.2 Å². The topological polar surface area (TPSA) is 88.4 Å². The molecule has 0 unspecified atom stereocenters. The van der Waals surface area contributed by atoms with Gasteiger partial charge in [-0.2, -0.15) is 8.99 Å². The minimum atomic E-state index is -3.78. The van der Waals surface area contributed by atoms with Crippen LogP contribution in [0.15, 0.2) is 24.1 Å². The van der Waals surface area contributed by atoms with E-state index in [2.05, 4.69) is 16.7 Å². The number of hydrogen-bond acceptors (Lipinski definition) is 5. The van der Waals surface area contributed by atoms with Crippen LogP contribution in [-0.4, -0.2) is 64.6 Å². The molecule has 1 amide bonds. The molecule has 0 aliphatic carbocycles. The van der Waals surface area contributed by atoms with Crippen LogP contribution in [0.4, 0.5) is 4.79 Å². The van der Waals surface area contributed by atoms with E-state index in [1.54, 1.807) is 24.8 Å². The summed E-state index contributed by atoms with van der Waals surface area (Å²) in [5.74, 6) is 0.265. The average Bonchev–Trinajstić information content (AvgIpc) is 2.97. The van der Waals surface area contributed by atoms with E-state index in [4.69, 9.17) is 0 Å². The van der Waals surface area contributed by atoms with Crippen LogP contribution >= 0.6 is 0 Å². The van der Waals surface area contributed by atoms with Crippen LogP contribution in [-0.2, 0) is 10.0 Å². The van der Waals surface area contributed by atoms with E-state index in [9.17, 15) is 13.2 Å². The number of amides is 1. The van der Waals surface area contributed by atoms with Gasteiger partial charge in [0.15, 0.2) is 0 Å². The van der Waals surface area contributed by atoms with Crippen molar-refractivity contribution < 1.29 is 13.2 Å². The quantitative estimate of drug-likeness (QED) is 0.666. The molecule has 130 valence electrons. The summed E-state index contributed by atoms with van der Waals surface area (Å²) in [5.41, 5.74) is 0. The average molecular weight is 343 g/mol. The first-order valence-electron chi connectivity index (χ1n) is 7.59. The third-order valence-electron chi connectivity index (χ3n) is 3.15. The molecule has 0 aliphatic heterocycles. The van der Waals surface area contributed by atoms with Gasteiger partial charge in [0.2, 0.25) is 0 Å². The lowest BCUT2D eigenvalue weighted by Crippen LogP contribution is -2.38. The Morgan fingerprint density at radius 3 is 2.48 bits per heavy atom. The van der Waals surface area contributed by atoms with Gasteiger partial charge in [-0.25, -0.2) is 18.2 Å². The maximum atomic E-state index is 12.4. The van der Waals surface area contributed by atoms with Crippen molar-refractivity contribution >= 4 is 16.1 Å². The highest BCUT2D eigenvalue weighted by molar-refractivity contribution is 7.88. The maximum absolute atomic E-state index is 12.4. The lowest BCUT2D eigenvalue weighted by molar-refractivity contribution is 0.195. The molecule has 0 N–H and O–H groups in total. The third-order valence-corrected chi connectivity index (χ3v) is 4.99. The summed E-state index contributed by atoms with van der Waals surface area (Å²) >= 11 is 0. The van der Waals surface area contributed by atoms with Crippen LogP contribution < -0.4 is 0 Å². The van der Waals surface area contributed by atoms with Gasteiger partial charge in [-0.1, -0.05) is 33.8 Å². The normalized spacial score (nSPS) is 11.9. The van der Waals surface area contributed by atoms with Crippen LogP contribution in [0.25, 0.3) is 0 Å². The Morgan fingerprint density at radius 2 is 2.00 bits per heavy atom. The largest absolute Gasteiger partial charge is 0.346 e. The van der Waals surface area contributed by atoms with Crippen molar-refractivity contribution in [1.29, 1.82) is 0 Å².